The summed E-state index contributed by atoms with van der Waals surface area (Å²) in [5.74, 6) is 0.0545. The van der Waals surface area contributed by atoms with Crippen molar-refractivity contribution < 1.29 is 9.59 Å². The fraction of sp³-hybridized carbons (Fsp3) is 0.310. The first-order valence-electron chi connectivity index (χ1n) is 12.0. The van der Waals surface area contributed by atoms with Crippen molar-refractivity contribution in [1.82, 2.24) is 10.2 Å². The Morgan fingerprint density at radius 2 is 1.69 bits per heavy atom. The molecule has 3 aromatic rings. The number of aryl methyl sites for hydroxylation is 1. The highest BCUT2D eigenvalue weighted by Crippen LogP contribution is 2.23. The van der Waals surface area contributed by atoms with Crippen molar-refractivity contribution in [2.75, 3.05) is 12.3 Å². The summed E-state index contributed by atoms with van der Waals surface area (Å²) in [6.45, 7) is 5.10. The number of carbonyl (C=O) groups is 2. The second kappa shape index (κ2) is 14.0. The summed E-state index contributed by atoms with van der Waals surface area (Å²) in [5, 5.41) is 3.72. The van der Waals surface area contributed by atoms with Crippen molar-refractivity contribution in [3.8, 4) is 0 Å². The summed E-state index contributed by atoms with van der Waals surface area (Å²) in [7, 11) is 0. The lowest BCUT2D eigenvalue weighted by atomic mass is 10.0. The van der Waals surface area contributed by atoms with Gasteiger partial charge in [-0.3, -0.25) is 9.59 Å². The van der Waals surface area contributed by atoms with Crippen molar-refractivity contribution in [3.63, 3.8) is 0 Å². The fourth-order valence-electron chi connectivity index (χ4n) is 3.83. The van der Waals surface area contributed by atoms with Crippen molar-refractivity contribution in [1.29, 1.82) is 0 Å². The SMILES string of the molecule is CCCCNC(=O)[C@@H](Cc1ccccc1)N(Cc1cccc(C)c1)C(=O)CSc1ccc(Cl)cc1. The molecule has 0 saturated carbocycles. The topological polar surface area (TPSA) is 49.4 Å². The Bertz CT molecular complexity index is 1090. The Balaban J connectivity index is 1.87. The van der Waals surface area contributed by atoms with E-state index in [-0.39, 0.29) is 17.6 Å². The van der Waals surface area contributed by atoms with Crippen LogP contribution in [-0.2, 0) is 22.6 Å². The average Bonchev–Trinajstić information content (AvgIpc) is 2.86. The number of halogens is 1. The van der Waals surface area contributed by atoms with Crippen LogP contribution in [0.3, 0.4) is 0 Å². The van der Waals surface area contributed by atoms with E-state index in [2.05, 4.69) is 18.3 Å². The zero-order valence-electron chi connectivity index (χ0n) is 20.4. The average molecular weight is 509 g/mol. The molecule has 0 unspecified atom stereocenters. The standard InChI is InChI=1S/C29H33ClN2O2S/c1-3-4-17-31-29(34)27(19-23-10-6-5-7-11-23)32(20-24-12-8-9-22(2)18-24)28(33)21-35-26-15-13-25(30)14-16-26/h5-16,18,27H,3-4,17,19-21H2,1-2H3,(H,31,34)/t27-/m1/s1. The molecule has 0 radical (unpaired) electrons. The molecule has 0 aliphatic heterocycles. The zero-order chi connectivity index (χ0) is 25.0. The number of carbonyl (C=O) groups excluding carboxylic acids is 2. The molecule has 4 nitrogen and oxygen atoms in total. The highest BCUT2D eigenvalue weighted by Gasteiger charge is 2.30. The van der Waals surface area contributed by atoms with Gasteiger partial charge in [0.15, 0.2) is 0 Å². The Labute approximate surface area is 218 Å². The third-order valence-corrected chi connectivity index (χ3v) is 6.96. The molecule has 1 N–H and O–H groups in total. The molecular weight excluding hydrogens is 476 g/mol. The summed E-state index contributed by atoms with van der Waals surface area (Å²) < 4.78 is 0. The molecule has 0 aromatic heterocycles. The number of hydrogen-bond acceptors (Lipinski definition) is 3. The summed E-state index contributed by atoms with van der Waals surface area (Å²) in [5.41, 5.74) is 3.15. The van der Waals surface area contributed by atoms with E-state index in [1.807, 2.05) is 79.7 Å². The normalized spacial score (nSPS) is 11.6. The van der Waals surface area contributed by atoms with Gasteiger partial charge in [0.05, 0.1) is 5.75 Å². The van der Waals surface area contributed by atoms with Crippen molar-refractivity contribution >= 4 is 35.2 Å². The first-order chi connectivity index (χ1) is 17.0. The third kappa shape index (κ3) is 8.75. The minimum absolute atomic E-state index is 0.0713. The van der Waals surface area contributed by atoms with Crippen LogP contribution in [0.2, 0.25) is 5.02 Å². The van der Waals surface area contributed by atoms with Crippen LogP contribution in [0.5, 0.6) is 0 Å². The molecule has 0 bridgehead atoms. The number of nitrogens with one attached hydrogen (secondary N) is 1. The largest absolute Gasteiger partial charge is 0.354 e. The molecule has 0 aliphatic carbocycles. The molecule has 2 amide bonds. The lowest BCUT2D eigenvalue weighted by Crippen LogP contribution is -2.51. The third-order valence-electron chi connectivity index (χ3n) is 5.71. The van der Waals surface area contributed by atoms with Gasteiger partial charge in [-0.15, -0.1) is 11.8 Å². The molecule has 1 atom stereocenters. The van der Waals surface area contributed by atoms with Crippen LogP contribution in [0.1, 0.15) is 36.5 Å². The maximum atomic E-state index is 13.6. The van der Waals surface area contributed by atoms with E-state index in [9.17, 15) is 9.59 Å². The number of rotatable bonds is 12. The lowest BCUT2D eigenvalue weighted by Gasteiger charge is -2.31. The molecule has 3 aromatic carbocycles. The highest BCUT2D eigenvalue weighted by atomic mass is 35.5. The van der Waals surface area contributed by atoms with Gasteiger partial charge in [-0.05, 0) is 48.7 Å². The van der Waals surface area contributed by atoms with Crippen molar-refractivity contribution in [3.05, 3.63) is 101 Å². The number of unbranched alkanes of at least 4 members (excludes halogenated alkanes) is 1. The van der Waals surface area contributed by atoms with Gasteiger partial charge in [-0.2, -0.15) is 0 Å². The maximum absolute atomic E-state index is 13.6. The maximum Gasteiger partial charge on any atom is 0.243 e. The number of thioether (sulfide) groups is 1. The Morgan fingerprint density at radius 3 is 2.37 bits per heavy atom. The van der Waals surface area contributed by atoms with Crippen LogP contribution in [0.15, 0.2) is 83.8 Å². The van der Waals surface area contributed by atoms with Gasteiger partial charge in [0, 0.05) is 29.4 Å². The van der Waals surface area contributed by atoms with Gasteiger partial charge in [0.25, 0.3) is 0 Å². The Kier molecular flexibility index (Phi) is 10.7. The van der Waals surface area contributed by atoms with Gasteiger partial charge in [0.1, 0.15) is 6.04 Å². The van der Waals surface area contributed by atoms with E-state index in [4.69, 9.17) is 11.6 Å². The molecule has 0 aliphatic rings. The molecule has 3 rings (SSSR count). The predicted molar refractivity (Wildman–Crippen MR) is 146 cm³/mol. The quantitative estimate of drug-likeness (QED) is 0.231. The van der Waals surface area contributed by atoms with E-state index < -0.39 is 6.04 Å². The molecule has 6 heteroatoms. The van der Waals surface area contributed by atoms with Crippen LogP contribution in [0, 0.1) is 6.92 Å². The monoisotopic (exact) mass is 508 g/mol. The second-order valence-electron chi connectivity index (χ2n) is 8.60. The molecule has 0 heterocycles. The van der Waals surface area contributed by atoms with E-state index >= 15 is 0 Å². The Morgan fingerprint density at radius 1 is 0.971 bits per heavy atom. The number of hydrogen-bond donors (Lipinski definition) is 1. The van der Waals surface area contributed by atoms with E-state index in [0.717, 1.165) is 34.4 Å². The van der Waals surface area contributed by atoms with Gasteiger partial charge in [-0.25, -0.2) is 0 Å². The smallest absolute Gasteiger partial charge is 0.243 e. The van der Waals surface area contributed by atoms with E-state index in [1.54, 1.807) is 4.90 Å². The molecule has 184 valence electrons. The molecule has 35 heavy (non-hydrogen) atoms. The van der Waals surface area contributed by atoms with E-state index in [1.165, 1.54) is 11.8 Å². The minimum Gasteiger partial charge on any atom is -0.354 e. The van der Waals surface area contributed by atoms with Crippen molar-refractivity contribution in [2.45, 2.75) is 50.6 Å². The summed E-state index contributed by atoms with van der Waals surface area (Å²) in [4.78, 5) is 29.8. The van der Waals surface area contributed by atoms with Gasteiger partial charge in [-0.1, -0.05) is 85.1 Å². The Hall–Kier alpha value is -2.76. The number of nitrogens with zero attached hydrogens (tertiary/aromatic N) is 1. The minimum atomic E-state index is -0.604. The summed E-state index contributed by atoms with van der Waals surface area (Å²) in [6.07, 6.45) is 2.36. The van der Waals surface area contributed by atoms with Crippen LogP contribution in [-0.4, -0.2) is 35.1 Å². The van der Waals surface area contributed by atoms with Gasteiger partial charge >= 0.3 is 0 Å². The first kappa shape index (κ1) is 26.8. The van der Waals surface area contributed by atoms with Crippen LogP contribution >= 0.6 is 23.4 Å². The fourth-order valence-corrected chi connectivity index (χ4v) is 4.74. The highest BCUT2D eigenvalue weighted by molar-refractivity contribution is 8.00. The predicted octanol–water partition coefficient (Wildman–Crippen LogP) is 6.30. The number of benzene rings is 3. The van der Waals surface area contributed by atoms with Crippen LogP contribution < -0.4 is 5.32 Å². The summed E-state index contributed by atoms with van der Waals surface area (Å²) in [6, 6.07) is 24.8. The van der Waals surface area contributed by atoms with Gasteiger partial charge < -0.3 is 10.2 Å². The first-order valence-corrected chi connectivity index (χ1v) is 13.4. The molecule has 0 spiro atoms. The second-order valence-corrected chi connectivity index (χ2v) is 10.1. The van der Waals surface area contributed by atoms with Crippen molar-refractivity contribution in [2.24, 2.45) is 0 Å². The molecule has 0 fully saturated rings. The molecule has 0 saturated heterocycles. The summed E-state index contributed by atoms with van der Waals surface area (Å²) >= 11 is 7.46. The number of amides is 2. The lowest BCUT2D eigenvalue weighted by molar-refractivity contribution is -0.139. The van der Waals surface area contributed by atoms with Crippen LogP contribution in [0.25, 0.3) is 0 Å². The van der Waals surface area contributed by atoms with Crippen LogP contribution in [0.4, 0.5) is 0 Å². The van der Waals surface area contributed by atoms with E-state index in [0.29, 0.717) is 24.5 Å². The molecular formula is C29H33ClN2O2S. The zero-order valence-corrected chi connectivity index (χ0v) is 21.9. The van der Waals surface area contributed by atoms with Gasteiger partial charge in [0.2, 0.25) is 11.8 Å².